The van der Waals surface area contributed by atoms with Crippen LogP contribution in [-0.2, 0) is 0 Å². The molecule has 3 aromatic rings. The van der Waals surface area contributed by atoms with Crippen LogP contribution in [0.5, 0.6) is 5.75 Å². The van der Waals surface area contributed by atoms with Crippen molar-refractivity contribution >= 4 is 22.8 Å². The van der Waals surface area contributed by atoms with Gasteiger partial charge in [0.2, 0.25) is 5.78 Å². The largest absolute Gasteiger partial charge is 0.508 e. The number of aromatic nitrogens is 1. The molecular formula is C19H14N2O2. The molecule has 0 aliphatic rings. The van der Waals surface area contributed by atoms with Gasteiger partial charge in [-0.2, -0.15) is 5.26 Å². The second-order valence-corrected chi connectivity index (χ2v) is 5.26. The topological polar surface area (TPSA) is 76.9 Å². The molecule has 0 unspecified atom stereocenters. The van der Waals surface area contributed by atoms with Crippen LogP contribution in [0.4, 0.5) is 0 Å². The Kier molecular flexibility index (Phi) is 3.70. The molecule has 0 bridgehead atoms. The number of H-pyrrole nitrogens is 1. The van der Waals surface area contributed by atoms with Crippen LogP contribution < -0.4 is 0 Å². The number of para-hydroxylation sites is 1. The first kappa shape index (κ1) is 14.6. The normalized spacial score (nSPS) is 11.4. The minimum Gasteiger partial charge on any atom is -0.508 e. The number of fused-ring (bicyclic) bond motifs is 1. The first-order valence-electron chi connectivity index (χ1n) is 7.13. The molecule has 2 aromatic carbocycles. The summed E-state index contributed by atoms with van der Waals surface area (Å²) in [5.74, 6) is -0.238. The van der Waals surface area contributed by atoms with E-state index in [1.807, 2.05) is 37.3 Å². The summed E-state index contributed by atoms with van der Waals surface area (Å²) in [4.78, 5) is 16.0. The summed E-state index contributed by atoms with van der Waals surface area (Å²) in [6.07, 6.45) is 1.49. The van der Waals surface area contributed by atoms with Crippen LogP contribution in [0.15, 0.2) is 54.1 Å². The average Bonchev–Trinajstić information content (AvgIpc) is 2.87. The molecule has 0 amide bonds. The fraction of sp³-hybridized carbons (Fsp3) is 0.0526. The van der Waals surface area contributed by atoms with Crippen LogP contribution in [0.25, 0.3) is 17.0 Å². The highest BCUT2D eigenvalue weighted by molar-refractivity contribution is 6.20. The number of aryl methyl sites for hydroxylation is 1. The van der Waals surface area contributed by atoms with E-state index in [0.717, 1.165) is 16.6 Å². The summed E-state index contributed by atoms with van der Waals surface area (Å²) in [5, 5.41) is 19.7. The Hall–Kier alpha value is -3.32. The fourth-order valence-electron chi connectivity index (χ4n) is 2.63. The average molecular weight is 302 g/mol. The summed E-state index contributed by atoms with van der Waals surface area (Å²) in [5.41, 5.74) is 2.74. The van der Waals surface area contributed by atoms with E-state index in [2.05, 4.69) is 4.98 Å². The van der Waals surface area contributed by atoms with Gasteiger partial charge in [0.25, 0.3) is 0 Å². The first-order chi connectivity index (χ1) is 11.1. The number of carbonyl (C=O) groups is 1. The number of benzene rings is 2. The first-order valence-corrected chi connectivity index (χ1v) is 7.13. The second-order valence-electron chi connectivity index (χ2n) is 5.26. The van der Waals surface area contributed by atoms with Gasteiger partial charge in [0.15, 0.2) is 0 Å². The van der Waals surface area contributed by atoms with Crippen LogP contribution in [0.1, 0.15) is 21.6 Å². The highest BCUT2D eigenvalue weighted by Gasteiger charge is 2.19. The zero-order valence-electron chi connectivity index (χ0n) is 12.5. The van der Waals surface area contributed by atoms with Gasteiger partial charge < -0.3 is 10.1 Å². The molecule has 23 heavy (non-hydrogen) atoms. The van der Waals surface area contributed by atoms with Crippen molar-refractivity contribution < 1.29 is 9.90 Å². The summed E-state index contributed by atoms with van der Waals surface area (Å²) in [6, 6.07) is 15.9. The number of nitrogens with zero attached hydrogens (tertiary/aromatic N) is 1. The molecule has 0 atom stereocenters. The number of aromatic hydroxyl groups is 1. The van der Waals surface area contributed by atoms with Crippen LogP contribution >= 0.6 is 0 Å². The number of allylic oxidation sites excluding steroid dienone is 1. The molecule has 0 aliphatic heterocycles. The van der Waals surface area contributed by atoms with E-state index in [9.17, 15) is 15.2 Å². The highest BCUT2D eigenvalue weighted by Crippen LogP contribution is 2.25. The van der Waals surface area contributed by atoms with Gasteiger partial charge in [-0.15, -0.1) is 0 Å². The number of rotatable bonds is 3. The standard InChI is InChI=1S/C19H14N2O2/c1-12-18(16-7-2-3-8-17(16)21-12)19(23)14(11-20)9-13-5-4-6-15(22)10-13/h2-10,21-22H,1H3/b14-9-. The van der Waals surface area contributed by atoms with E-state index >= 15 is 0 Å². The van der Waals surface area contributed by atoms with Crippen molar-refractivity contribution in [1.29, 1.82) is 5.26 Å². The van der Waals surface area contributed by atoms with Crippen molar-refractivity contribution in [2.75, 3.05) is 0 Å². The Labute approximate surface area is 133 Å². The van der Waals surface area contributed by atoms with E-state index in [4.69, 9.17) is 0 Å². The summed E-state index contributed by atoms with van der Waals surface area (Å²) < 4.78 is 0. The lowest BCUT2D eigenvalue weighted by atomic mass is 9.99. The van der Waals surface area contributed by atoms with Gasteiger partial charge in [0, 0.05) is 16.6 Å². The lowest BCUT2D eigenvalue weighted by Gasteiger charge is -2.01. The maximum absolute atomic E-state index is 12.8. The number of Topliss-reactive ketones (excluding diaryl/α,β-unsaturated/α-hetero) is 1. The molecule has 4 heteroatoms. The maximum Gasteiger partial charge on any atom is 0.205 e. The predicted octanol–water partition coefficient (Wildman–Crippen LogP) is 3.97. The van der Waals surface area contributed by atoms with Gasteiger partial charge in [0.05, 0.1) is 5.56 Å². The van der Waals surface area contributed by atoms with Gasteiger partial charge in [-0.05, 0) is 36.8 Å². The van der Waals surface area contributed by atoms with Crippen molar-refractivity contribution in [1.82, 2.24) is 4.98 Å². The minimum atomic E-state index is -0.328. The molecule has 1 heterocycles. The quantitative estimate of drug-likeness (QED) is 0.436. The van der Waals surface area contributed by atoms with Gasteiger partial charge in [-0.3, -0.25) is 4.79 Å². The highest BCUT2D eigenvalue weighted by atomic mass is 16.3. The molecule has 0 fully saturated rings. The maximum atomic E-state index is 12.8. The van der Waals surface area contributed by atoms with E-state index < -0.39 is 0 Å². The lowest BCUT2D eigenvalue weighted by Crippen LogP contribution is -2.03. The smallest absolute Gasteiger partial charge is 0.205 e. The predicted molar refractivity (Wildman–Crippen MR) is 89.1 cm³/mol. The molecule has 2 N–H and O–H groups in total. The summed E-state index contributed by atoms with van der Waals surface area (Å²) in [7, 11) is 0. The third-order valence-corrected chi connectivity index (χ3v) is 3.67. The molecule has 112 valence electrons. The number of nitriles is 1. The molecule has 3 rings (SSSR count). The monoisotopic (exact) mass is 302 g/mol. The molecule has 0 saturated heterocycles. The molecule has 4 nitrogen and oxygen atoms in total. The fourth-order valence-corrected chi connectivity index (χ4v) is 2.63. The lowest BCUT2D eigenvalue weighted by molar-refractivity contribution is 0.104. The van der Waals surface area contributed by atoms with Crippen LogP contribution in [0.3, 0.4) is 0 Å². The molecule has 1 aromatic heterocycles. The number of aromatic amines is 1. The van der Waals surface area contributed by atoms with Gasteiger partial charge in [-0.25, -0.2) is 0 Å². The Bertz CT molecular complexity index is 974. The molecule has 0 spiro atoms. The third kappa shape index (κ3) is 2.72. The molecular weight excluding hydrogens is 288 g/mol. The van der Waals surface area contributed by atoms with E-state index in [1.54, 1.807) is 12.1 Å². The van der Waals surface area contributed by atoms with Crippen molar-refractivity contribution in [3.63, 3.8) is 0 Å². The Morgan fingerprint density at radius 3 is 2.74 bits per heavy atom. The number of phenols is 1. The summed E-state index contributed by atoms with van der Waals surface area (Å²) in [6.45, 7) is 1.82. The van der Waals surface area contributed by atoms with Crippen molar-refractivity contribution in [3.8, 4) is 11.8 Å². The molecule has 0 radical (unpaired) electrons. The number of hydrogen-bond donors (Lipinski definition) is 2. The summed E-state index contributed by atoms with van der Waals surface area (Å²) >= 11 is 0. The van der Waals surface area contributed by atoms with Crippen LogP contribution in [0.2, 0.25) is 0 Å². The second kappa shape index (κ2) is 5.82. The number of ketones is 1. The van der Waals surface area contributed by atoms with Gasteiger partial charge in [0.1, 0.15) is 17.4 Å². The van der Waals surface area contributed by atoms with Crippen molar-refractivity contribution in [2.45, 2.75) is 6.92 Å². The van der Waals surface area contributed by atoms with Crippen LogP contribution in [0, 0.1) is 18.3 Å². The van der Waals surface area contributed by atoms with Crippen molar-refractivity contribution in [3.05, 3.63) is 70.9 Å². The van der Waals surface area contributed by atoms with E-state index in [-0.39, 0.29) is 17.1 Å². The Morgan fingerprint density at radius 2 is 2.00 bits per heavy atom. The third-order valence-electron chi connectivity index (χ3n) is 3.67. The molecule has 0 aliphatic carbocycles. The van der Waals surface area contributed by atoms with Gasteiger partial charge >= 0.3 is 0 Å². The van der Waals surface area contributed by atoms with Gasteiger partial charge in [-0.1, -0.05) is 30.3 Å². The van der Waals surface area contributed by atoms with Crippen LogP contribution in [-0.4, -0.2) is 15.9 Å². The zero-order valence-corrected chi connectivity index (χ0v) is 12.5. The van der Waals surface area contributed by atoms with E-state index in [1.165, 1.54) is 18.2 Å². The van der Waals surface area contributed by atoms with E-state index in [0.29, 0.717) is 11.1 Å². The number of carbonyl (C=O) groups excluding carboxylic acids is 1. The molecule has 0 saturated carbocycles. The SMILES string of the molecule is Cc1[nH]c2ccccc2c1C(=O)/C(C#N)=C\c1cccc(O)c1. The van der Waals surface area contributed by atoms with Crippen molar-refractivity contribution in [2.24, 2.45) is 0 Å². The Balaban J connectivity index is 2.10. The minimum absolute atomic E-state index is 0.0310. The zero-order chi connectivity index (χ0) is 16.4. The number of nitrogens with one attached hydrogen (secondary N) is 1. The number of hydrogen-bond acceptors (Lipinski definition) is 3. The Morgan fingerprint density at radius 1 is 1.22 bits per heavy atom. The number of phenolic OH excluding ortho intramolecular Hbond substituents is 1.